The van der Waals surface area contributed by atoms with Crippen LogP contribution in [0.3, 0.4) is 0 Å². The van der Waals surface area contributed by atoms with E-state index in [0.29, 0.717) is 12.1 Å². The summed E-state index contributed by atoms with van der Waals surface area (Å²) >= 11 is 5.54. The SMILES string of the molecule is O=C(CCl)N(Cc1ccccc1F)C1CC1. The van der Waals surface area contributed by atoms with Crippen LogP contribution in [0.4, 0.5) is 4.39 Å². The molecule has 1 aromatic carbocycles. The average Bonchev–Trinajstić information content (AvgIpc) is 3.11. The summed E-state index contributed by atoms with van der Waals surface area (Å²) in [5.41, 5.74) is 0.549. The fourth-order valence-corrected chi connectivity index (χ4v) is 1.85. The van der Waals surface area contributed by atoms with Gasteiger partial charge in [-0.1, -0.05) is 18.2 Å². The zero-order valence-electron chi connectivity index (χ0n) is 8.83. The van der Waals surface area contributed by atoms with Crippen molar-refractivity contribution >= 4 is 17.5 Å². The third kappa shape index (κ3) is 2.53. The molecule has 1 aliphatic rings. The van der Waals surface area contributed by atoms with Gasteiger partial charge in [0.2, 0.25) is 5.91 Å². The van der Waals surface area contributed by atoms with Crippen molar-refractivity contribution in [1.82, 2.24) is 4.90 Å². The molecule has 1 fully saturated rings. The topological polar surface area (TPSA) is 20.3 Å². The van der Waals surface area contributed by atoms with Crippen molar-refractivity contribution in [1.29, 1.82) is 0 Å². The molecule has 0 N–H and O–H groups in total. The number of hydrogen-bond acceptors (Lipinski definition) is 1. The van der Waals surface area contributed by atoms with Crippen LogP contribution in [0.15, 0.2) is 24.3 Å². The lowest BCUT2D eigenvalue weighted by molar-refractivity contribution is -0.129. The van der Waals surface area contributed by atoms with E-state index in [1.807, 2.05) is 0 Å². The molecular weight excluding hydrogens is 229 g/mol. The summed E-state index contributed by atoms with van der Waals surface area (Å²) in [7, 11) is 0. The van der Waals surface area contributed by atoms with Gasteiger partial charge in [-0.25, -0.2) is 4.39 Å². The Balaban J connectivity index is 2.11. The molecule has 1 aliphatic carbocycles. The number of hydrogen-bond donors (Lipinski definition) is 0. The van der Waals surface area contributed by atoms with Crippen molar-refractivity contribution in [3.8, 4) is 0 Å². The van der Waals surface area contributed by atoms with Gasteiger partial charge in [0.25, 0.3) is 0 Å². The summed E-state index contributed by atoms with van der Waals surface area (Å²) in [6.45, 7) is 0.322. The number of nitrogens with zero attached hydrogens (tertiary/aromatic N) is 1. The van der Waals surface area contributed by atoms with Gasteiger partial charge in [-0.05, 0) is 18.9 Å². The van der Waals surface area contributed by atoms with Crippen molar-refractivity contribution in [2.24, 2.45) is 0 Å². The lowest BCUT2D eigenvalue weighted by Gasteiger charge is -2.21. The van der Waals surface area contributed by atoms with E-state index in [4.69, 9.17) is 11.6 Å². The fourth-order valence-electron chi connectivity index (χ4n) is 1.69. The van der Waals surface area contributed by atoms with Crippen LogP contribution in [0.2, 0.25) is 0 Å². The molecule has 0 aliphatic heterocycles. The van der Waals surface area contributed by atoms with Crippen molar-refractivity contribution in [3.63, 3.8) is 0 Å². The molecule has 16 heavy (non-hydrogen) atoms. The number of carbonyl (C=O) groups excluding carboxylic acids is 1. The highest BCUT2D eigenvalue weighted by Crippen LogP contribution is 2.29. The summed E-state index contributed by atoms with van der Waals surface area (Å²) in [4.78, 5) is 13.3. The molecule has 0 bridgehead atoms. The second-order valence-corrected chi connectivity index (χ2v) is 4.25. The summed E-state index contributed by atoms with van der Waals surface area (Å²) in [5, 5.41) is 0. The molecular formula is C12H13ClFNO. The smallest absolute Gasteiger partial charge is 0.238 e. The Morgan fingerprint density at radius 1 is 1.44 bits per heavy atom. The Bertz CT molecular complexity index is 392. The van der Waals surface area contributed by atoms with E-state index >= 15 is 0 Å². The van der Waals surface area contributed by atoms with Crippen molar-refractivity contribution in [2.45, 2.75) is 25.4 Å². The van der Waals surface area contributed by atoms with E-state index in [-0.39, 0.29) is 23.6 Å². The van der Waals surface area contributed by atoms with Gasteiger partial charge >= 0.3 is 0 Å². The second-order valence-electron chi connectivity index (χ2n) is 3.98. The van der Waals surface area contributed by atoms with Crippen molar-refractivity contribution in [3.05, 3.63) is 35.6 Å². The third-order valence-corrected chi connectivity index (χ3v) is 2.95. The quantitative estimate of drug-likeness (QED) is 0.742. The predicted octanol–water partition coefficient (Wildman–Crippen LogP) is 2.56. The first-order valence-corrected chi connectivity index (χ1v) is 5.84. The van der Waals surface area contributed by atoms with Crippen LogP contribution in [0.5, 0.6) is 0 Å². The van der Waals surface area contributed by atoms with Crippen LogP contribution < -0.4 is 0 Å². The minimum Gasteiger partial charge on any atom is -0.334 e. The van der Waals surface area contributed by atoms with Gasteiger partial charge in [-0.15, -0.1) is 11.6 Å². The van der Waals surface area contributed by atoms with Gasteiger partial charge in [0.05, 0.1) is 0 Å². The summed E-state index contributed by atoms with van der Waals surface area (Å²) in [5.74, 6) is -0.423. The van der Waals surface area contributed by atoms with Gasteiger partial charge in [-0.2, -0.15) is 0 Å². The van der Waals surface area contributed by atoms with Crippen LogP contribution in [-0.4, -0.2) is 22.7 Å². The van der Waals surface area contributed by atoms with Gasteiger partial charge in [-0.3, -0.25) is 4.79 Å². The minimum atomic E-state index is -0.268. The summed E-state index contributed by atoms with van der Waals surface area (Å²) in [6.07, 6.45) is 1.99. The van der Waals surface area contributed by atoms with Crippen LogP contribution in [-0.2, 0) is 11.3 Å². The highest BCUT2D eigenvalue weighted by molar-refractivity contribution is 6.27. The molecule has 1 amide bonds. The van der Waals surface area contributed by atoms with Crippen molar-refractivity contribution in [2.75, 3.05) is 5.88 Å². The maximum absolute atomic E-state index is 13.4. The molecule has 0 aromatic heterocycles. The van der Waals surface area contributed by atoms with E-state index in [1.165, 1.54) is 6.07 Å². The number of rotatable bonds is 4. The minimum absolute atomic E-state index is 0.0368. The number of carbonyl (C=O) groups is 1. The molecule has 1 aromatic rings. The Morgan fingerprint density at radius 2 is 2.12 bits per heavy atom. The Labute approximate surface area is 99.0 Å². The molecule has 0 unspecified atom stereocenters. The predicted molar refractivity (Wildman–Crippen MR) is 60.7 cm³/mol. The first-order chi connectivity index (χ1) is 7.72. The molecule has 2 nitrogen and oxygen atoms in total. The number of halogens is 2. The normalized spacial score (nSPS) is 14.9. The van der Waals surface area contributed by atoms with Gasteiger partial charge in [0.1, 0.15) is 11.7 Å². The van der Waals surface area contributed by atoms with Crippen LogP contribution in [0.1, 0.15) is 18.4 Å². The van der Waals surface area contributed by atoms with E-state index in [0.717, 1.165) is 12.8 Å². The monoisotopic (exact) mass is 241 g/mol. The standard InChI is InChI=1S/C12H13ClFNO/c13-7-12(16)15(10-5-6-10)8-9-3-1-2-4-11(9)14/h1-4,10H,5-8H2. The zero-order valence-corrected chi connectivity index (χ0v) is 9.58. The molecule has 0 spiro atoms. The average molecular weight is 242 g/mol. The Morgan fingerprint density at radius 3 is 2.69 bits per heavy atom. The highest BCUT2D eigenvalue weighted by atomic mass is 35.5. The lowest BCUT2D eigenvalue weighted by atomic mass is 10.2. The molecule has 0 atom stereocenters. The lowest BCUT2D eigenvalue weighted by Crippen LogP contribution is -2.33. The Hall–Kier alpha value is -1.09. The first-order valence-electron chi connectivity index (χ1n) is 5.31. The molecule has 1 saturated carbocycles. The van der Waals surface area contributed by atoms with E-state index < -0.39 is 0 Å². The number of alkyl halides is 1. The maximum atomic E-state index is 13.4. The van der Waals surface area contributed by atoms with Crippen LogP contribution in [0, 0.1) is 5.82 Å². The highest BCUT2D eigenvalue weighted by Gasteiger charge is 2.32. The summed E-state index contributed by atoms with van der Waals surface area (Å²) < 4.78 is 13.4. The van der Waals surface area contributed by atoms with Gasteiger partial charge in [0.15, 0.2) is 0 Å². The van der Waals surface area contributed by atoms with Crippen molar-refractivity contribution < 1.29 is 9.18 Å². The second kappa shape index (κ2) is 4.83. The molecule has 86 valence electrons. The van der Waals surface area contributed by atoms with Crippen LogP contribution >= 0.6 is 11.6 Å². The van der Waals surface area contributed by atoms with Gasteiger partial charge < -0.3 is 4.90 Å². The fraction of sp³-hybridized carbons (Fsp3) is 0.417. The zero-order chi connectivity index (χ0) is 11.5. The largest absolute Gasteiger partial charge is 0.334 e. The number of amides is 1. The maximum Gasteiger partial charge on any atom is 0.238 e. The molecule has 0 saturated heterocycles. The molecule has 4 heteroatoms. The Kier molecular flexibility index (Phi) is 3.44. The first kappa shape index (κ1) is 11.4. The van der Waals surface area contributed by atoms with E-state index in [1.54, 1.807) is 23.1 Å². The third-order valence-electron chi connectivity index (χ3n) is 2.72. The van der Waals surface area contributed by atoms with Gasteiger partial charge in [0, 0.05) is 18.2 Å². The molecule has 0 heterocycles. The van der Waals surface area contributed by atoms with Crippen LogP contribution in [0.25, 0.3) is 0 Å². The summed E-state index contributed by atoms with van der Waals surface area (Å²) in [6, 6.07) is 6.78. The van der Waals surface area contributed by atoms with E-state index in [9.17, 15) is 9.18 Å². The number of benzene rings is 1. The van der Waals surface area contributed by atoms with E-state index in [2.05, 4.69) is 0 Å². The molecule has 0 radical (unpaired) electrons. The molecule has 2 rings (SSSR count).